The number of thioether (sulfide) groups is 1. The molecule has 0 radical (unpaired) electrons. The Morgan fingerprint density at radius 1 is 1.16 bits per heavy atom. The van der Waals surface area contributed by atoms with Crippen LogP contribution in [0.4, 0.5) is 0 Å². The zero-order valence-corrected chi connectivity index (χ0v) is 23.2. The van der Waals surface area contributed by atoms with Crippen molar-refractivity contribution in [2.24, 2.45) is 5.92 Å². The van der Waals surface area contributed by atoms with Gasteiger partial charge < -0.3 is 14.6 Å². The van der Waals surface area contributed by atoms with E-state index in [1.54, 1.807) is 6.20 Å². The first-order valence-corrected chi connectivity index (χ1v) is 13.8. The molecule has 0 aliphatic carbocycles. The molecule has 0 spiro atoms. The number of amides is 2. The molecule has 2 aliphatic heterocycles. The van der Waals surface area contributed by atoms with Crippen LogP contribution in [0.5, 0.6) is 0 Å². The Balaban J connectivity index is 0.00000280. The molecule has 7 nitrogen and oxygen atoms in total. The van der Waals surface area contributed by atoms with Crippen molar-refractivity contribution >= 4 is 74.6 Å². The molecule has 4 aromatic rings. The standard InChI is InChI=1S/C27H25BrN4O3S.ClH/c28-19-6-7-21-18(13-19)14-22(35-21)27(34)31-11-8-17(9-12-31)3-2-10-29-26(33)23-15-20-16-30-24-4-1-5-25(36-23)32(20)24;/h1,4-7,13-17H,2-3,8-12H2,(H,29,33);1H. The lowest BCUT2D eigenvalue weighted by Gasteiger charge is -2.31. The second kappa shape index (κ2) is 10.9. The molecule has 1 aromatic carbocycles. The Kier molecular flexibility index (Phi) is 7.65. The zero-order valence-electron chi connectivity index (χ0n) is 20.0. The highest BCUT2D eigenvalue weighted by Crippen LogP contribution is 2.34. The van der Waals surface area contributed by atoms with Crippen LogP contribution in [0.3, 0.4) is 0 Å². The zero-order chi connectivity index (χ0) is 24.6. The summed E-state index contributed by atoms with van der Waals surface area (Å²) < 4.78 is 8.81. The molecule has 0 saturated carbocycles. The molecule has 2 aliphatic rings. The summed E-state index contributed by atoms with van der Waals surface area (Å²) in [6.45, 7) is 2.12. The van der Waals surface area contributed by atoms with E-state index in [4.69, 9.17) is 4.42 Å². The van der Waals surface area contributed by atoms with Gasteiger partial charge in [0.25, 0.3) is 11.8 Å². The van der Waals surface area contributed by atoms with Gasteiger partial charge in [-0.3, -0.25) is 14.0 Å². The summed E-state index contributed by atoms with van der Waals surface area (Å²) in [5.41, 5.74) is 2.55. The van der Waals surface area contributed by atoms with Gasteiger partial charge in [0, 0.05) is 29.5 Å². The average molecular weight is 602 g/mol. The first-order chi connectivity index (χ1) is 17.5. The van der Waals surface area contributed by atoms with Gasteiger partial charge in [0.05, 0.1) is 21.8 Å². The third-order valence-electron chi connectivity index (χ3n) is 6.90. The first kappa shape index (κ1) is 25.9. The van der Waals surface area contributed by atoms with Crippen LogP contribution in [0.1, 0.15) is 41.9 Å². The van der Waals surface area contributed by atoms with E-state index in [9.17, 15) is 9.59 Å². The molecular weight excluding hydrogens is 576 g/mol. The molecule has 37 heavy (non-hydrogen) atoms. The molecule has 2 amide bonds. The number of aromatic nitrogens is 2. The van der Waals surface area contributed by atoms with Crippen LogP contribution in [-0.2, 0) is 4.79 Å². The summed E-state index contributed by atoms with van der Waals surface area (Å²) >= 11 is 4.93. The normalized spacial score (nSPS) is 15.5. The van der Waals surface area contributed by atoms with Crippen LogP contribution in [0, 0.1) is 5.92 Å². The molecule has 1 saturated heterocycles. The summed E-state index contributed by atoms with van der Waals surface area (Å²) in [5.74, 6) is 0.886. The van der Waals surface area contributed by atoms with E-state index < -0.39 is 0 Å². The molecule has 1 N–H and O–H groups in total. The van der Waals surface area contributed by atoms with Crippen LogP contribution in [-0.4, -0.2) is 45.7 Å². The number of nitrogens with one attached hydrogen (secondary N) is 1. The number of hydrogen-bond donors (Lipinski definition) is 1. The predicted molar refractivity (Wildman–Crippen MR) is 151 cm³/mol. The van der Waals surface area contributed by atoms with Crippen LogP contribution in [0.2, 0.25) is 0 Å². The van der Waals surface area contributed by atoms with Gasteiger partial charge in [-0.25, -0.2) is 4.98 Å². The van der Waals surface area contributed by atoms with Crippen molar-refractivity contribution in [2.45, 2.75) is 30.7 Å². The molecular formula is C27H26BrClN4O3S. The van der Waals surface area contributed by atoms with Crippen molar-refractivity contribution < 1.29 is 14.0 Å². The fourth-order valence-corrected chi connectivity index (χ4v) is 6.36. The Hall–Kier alpha value is -2.75. The predicted octanol–water partition coefficient (Wildman–Crippen LogP) is 6.16. The van der Waals surface area contributed by atoms with E-state index in [-0.39, 0.29) is 24.2 Å². The van der Waals surface area contributed by atoms with Crippen molar-refractivity contribution in [3.8, 4) is 0 Å². The van der Waals surface area contributed by atoms with Gasteiger partial charge in [-0.2, -0.15) is 0 Å². The fraction of sp³-hybridized carbons (Fsp3) is 0.296. The van der Waals surface area contributed by atoms with Crippen molar-refractivity contribution in [1.82, 2.24) is 19.6 Å². The van der Waals surface area contributed by atoms with Gasteiger partial charge in [0.15, 0.2) is 5.76 Å². The van der Waals surface area contributed by atoms with Crippen LogP contribution in [0.15, 0.2) is 67.5 Å². The molecule has 192 valence electrons. The number of likely N-dealkylation sites (tertiary alicyclic amines) is 1. The topological polar surface area (TPSA) is 79.8 Å². The van der Waals surface area contributed by atoms with E-state index in [1.165, 1.54) is 11.8 Å². The molecule has 5 heterocycles. The van der Waals surface area contributed by atoms with Gasteiger partial charge in [-0.05, 0) is 74.1 Å². The van der Waals surface area contributed by atoms with E-state index >= 15 is 0 Å². The molecule has 0 unspecified atom stereocenters. The summed E-state index contributed by atoms with van der Waals surface area (Å²) in [5, 5.41) is 5.00. The number of pyridine rings is 1. The number of piperidine rings is 1. The van der Waals surface area contributed by atoms with E-state index in [0.717, 1.165) is 70.6 Å². The highest BCUT2D eigenvalue weighted by Gasteiger charge is 2.26. The van der Waals surface area contributed by atoms with Crippen LogP contribution in [0.25, 0.3) is 22.7 Å². The smallest absolute Gasteiger partial charge is 0.289 e. The number of rotatable bonds is 6. The molecule has 10 heteroatoms. The highest BCUT2D eigenvalue weighted by molar-refractivity contribution is 9.10. The maximum atomic E-state index is 12.9. The minimum atomic E-state index is -0.0391. The van der Waals surface area contributed by atoms with Gasteiger partial charge >= 0.3 is 0 Å². The average Bonchev–Trinajstić information content (AvgIpc) is 3.51. The Morgan fingerprint density at radius 2 is 2.00 bits per heavy atom. The van der Waals surface area contributed by atoms with Crippen molar-refractivity contribution in [3.63, 3.8) is 0 Å². The van der Waals surface area contributed by atoms with Gasteiger partial charge in [0.1, 0.15) is 11.2 Å². The fourth-order valence-electron chi connectivity index (χ4n) is 4.98. The van der Waals surface area contributed by atoms with Crippen LogP contribution < -0.4 is 5.32 Å². The molecule has 3 aromatic heterocycles. The number of nitrogens with zero attached hydrogens (tertiary/aromatic N) is 3. The third kappa shape index (κ3) is 5.30. The van der Waals surface area contributed by atoms with Crippen LogP contribution >= 0.6 is 40.1 Å². The molecule has 0 bridgehead atoms. The van der Waals surface area contributed by atoms with Gasteiger partial charge in [0.2, 0.25) is 0 Å². The number of halogens is 2. The summed E-state index contributed by atoms with van der Waals surface area (Å²) in [6.07, 6.45) is 7.62. The lowest BCUT2D eigenvalue weighted by molar-refractivity contribution is -0.116. The summed E-state index contributed by atoms with van der Waals surface area (Å²) in [4.78, 5) is 32.7. The van der Waals surface area contributed by atoms with Crippen molar-refractivity contribution in [2.75, 3.05) is 19.6 Å². The van der Waals surface area contributed by atoms with E-state index in [1.807, 2.05) is 53.4 Å². The minimum absolute atomic E-state index is 0. The number of imidazole rings is 1. The largest absolute Gasteiger partial charge is 0.451 e. The first-order valence-electron chi connectivity index (χ1n) is 12.2. The molecule has 6 rings (SSSR count). The quantitative estimate of drug-likeness (QED) is 0.268. The monoisotopic (exact) mass is 600 g/mol. The Bertz CT molecular complexity index is 1510. The number of carbonyl (C=O) groups excluding carboxylic acids is 2. The lowest BCUT2D eigenvalue weighted by Crippen LogP contribution is -2.38. The maximum Gasteiger partial charge on any atom is 0.289 e. The number of benzene rings is 1. The summed E-state index contributed by atoms with van der Waals surface area (Å²) in [6, 6.07) is 13.5. The molecule has 0 atom stereocenters. The van der Waals surface area contributed by atoms with E-state index in [0.29, 0.717) is 23.1 Å². The number of furan rings is 1. The highest BCUT2D eigenvalue weighted by atomic mass is 79.9. The lowest BCUT2D eigenvalue weighted by atomic mass is 9.92. The second-order valence-corrected chi connectivity index (χ2v) is 11.3. The number of carbonyl (C=O) groups is 2. The van der Waals surface area contributed by atoms with Crippen molar-refractivity contribution in [3.05, 3.63) is 69.5 Å². The second-order valence-electron chi connectivity index (χ2n) is 9.28. The summed E-state index contributed by atoms with van der Waals surface area (Å²) in [7, 11) is 0. The van der Waals surface area contributed by atoms with Crippen molar-refractivity contribution in [1.29, 1.82) is 0 Å². The Labute approximate surface area is 233 Å². The maximum absolute atomic E-state index is 12.9. The number of hydrogen-bond acceptors (Lipinski definition) is 5. The molecule has 1 fully saturated rings. The van der Waals surface area contributed by atoms with Gasteiger partial charge in [-0.1, -0.05) is 33.8 Å². The Morgan fingerprint density at radius 3 is 2.84 bits per heavy atom. The van der Waals surface area contributed by atoms with E-state index in [2.05, 4.69) is 30.6 Å². The minimum Gasteiger partial charge on any atom is -0.451 e. The SMILES string of the molecule is Cl.O=C(NCCCC1CCN(C(=O)c2cc3cc(Br)ccc3o2)CC1)C1=Cc2cnc3cccc(n23)S1. The number of fused-ring (bicyclic) bond motifs is 1. The third-order valence-corrected chi connectivity index (χ3v) is 8.45. The van der Waals surface area contributed by atoms with Gasteiger partial charge in [-0.15, -0.1) is 12.4 Å².